The van der Waals surface area contributed by atoms with E-state index in [9.17, 15) is 4.79 Å². The first-order chi connectivity index (χ1) is 13.2. The maximum absolute atomic E-state index is 12.9. The Balaban J connectivity index is 1.82. The topological polar surface area (TPSA) is 71.8 Å². The van der Waals surface area contributed by atoms with Crippen LogP contribution in [0, 0.1) is 11.3 Å². The minimum absolute atomic E-state index is 0.0822. The molecule has 27 heavy (non-hydrogen) atoms. The van der Waals surface area contributed by atoms with E-state index >= 15 is 0 Å². The first kappa shape index (κ1) is 17.1. The van der Waals surface area contributed by atoms with Crippen molar-refractivity contribution in [2.45, 2.75) is 24.5 Å². The monoisotopic (exact) mass is 362 g/mol. The predicted octanol–water partition coefficient (Wildman–Crippen LogP) is 3.72. The fourth-order valence-electron chi connectivity index (χ4n) is 3.66. The average molecular weight is 362 g/mol. The molecule has 2 aliphatic rings. The molecule has 2 aliphatic heterocycles. The Bertz CT molecular complexity index is 867. The second kappa shape index (κ2) is 6.78. The third-order valence-corrected chi connectivity index (χ3v) is 4.87. The van der Waals surface area contributed by atoms with Gasteiger partial charge in [-0.2, -0.15) is 5.26 Å². The summed E-state index contributed by atoms with van der Waals surface area (Å²) in [7, 11) is 1.41. The highest BCUT2D eigenvalue weighted by Gasteiger charge is 2.61. The molecule has 0 N–H and O–H groups in total. The summed E-state index contributed by atoms with van der Waals surface area (Å²) >= 11 is 0. The summed E-state index contributed by atoms with van der Waals surface area (Å²) in [6, 6.07) is 20.5. The summed E-state index contributed by atoms with van der Waals surface area (Å²) in [5, 5.41) is 9.17. The van der Waals surface area contributed by atoms with Crippen molar-refractivity contribution in [3.05, 3.63) is 83.6 Å². The van der Waals surface area contributed by atoms with Crippen molar-refractivity contribution >= 4 is 6.09 Å². The number of amides is 1. The minimum atomic E-state index is -1.63. The lowest BCUT2D eigenvalue weighted by molar-refractivity contribution is -0.329. The number of nitriles is 1. The molecule has 1 saturated heterocycles. The molecule has 2 aromatic rings. The van der Waals surface area contributed by atoms with Crippen molar-refractivity contribution in [1.29, 1.82) is 5.26 Å². The number of fused-ring (bicyclic) bond motifs is 1. The molecule has 0 spiro atoms. The molecule has 1 fully saturated rings. The molecule has 0 bridgehead atoms. The number of ether oxygens (including phenoxy) is 3. The Morgan fingerprint density at radius 1 is 1.11 bits per heavy atom. The third kappa shape index (κ3) is 2.82. The second-order valence-electron chi connectivity index (χ2n) is 6.34. The fraction of sp³-hybridized carbons (Fsp3) is 0.238. The highest BCUT2D eigenvalue weighted by Crippen LogP contribution is 2.44. The molecule has 2 atom stereocenters. The van der Waals surface area contributed by atoms with Crippen molar-refractivity contribution in [2.24, 2.45) is 0 Å². The van der Waals surface area contributed by atoms with Gasteiger partial charge >= 0.3 is 12.1 Å². The van der Waals surface area contributed by atoms with Crippen LogP contribution in [0.2, 0.25) is 0 Å². The van der Waals surface area contributed by atoms with Crippen LogP contribution in [0.25, 0.3) is 0 Å². The summed E-state index contributed by atoms with van der Waals surface area (Å²) < 4.78 is 16.6. The zero-order chi connectivity index (χ0) is 18.9. The van der Waals surface area contributed by atoms with Crippen LogP contribution in [-0.4, -0.2) is 30.1 Å². The van der Waals surface area contributed by atoms with Crippen LogP contribution in [0.1, 0.15) is 23.6 Å². The van der Waals surface area contributed by atoms with Gasteiger partial charge in [0.05, 0.1) is 6.04 Å². The first-order valence-electron chi connectivity index (χ1n) is 8.64. The van der Waals surface area contributed by atoms with Crippen molar-refractivity contribution in [2.75, 3.05) is 7.11 Å². The van der Waals surface area contributed by atoms with E-state index in [2.05, 4.69) is 0 Å². The number of rotatable bonds is 4. The Labute approximate surface area is 157 Å². The van der Waals surface area contributed by atoms with Gasteiger partial charge < -0.3 is 14.2 Å². The number of carbonyl (C=O) groups is 1. The number of nitrogens with zero attached hydrogens (tertiary/aromatic N) is 2. The van der Waals surface area contributed by atoms with Gasteiger partial charge in [0.1, 0.15) is 12.1 Å². The van der Waals surface area contributed by atoms with E-state index in [4.69, 9.17) is 19.5 Å². The van der Waals surface area contributed by atoms with Crippen LogP contribution in [0.3, 0.4) is 0 Å². The number of hydrogen-bond acceptors (Lipinski definition) is 5. The summed E-state index contributed by atoms with van der Waals surface area (Å²) in [5.74, 6) is -1.54. The van der Waals surface area contributed by atoms with Gasteiger partial charge in [0, 0.05) is 13.5 Å². The van der Waals surface area contributed by atoms with Gasteiger partial charge in [0.2, 0.25) is 5.76 Å². The number of allylic oxidation sites excluding steroid dienone is 1. The lowest BCUT2D eigenvalue weighted by atomic mass is 9.94. The lowest BCUT2D eigenvalue weighted by Crippen LogP contribution is -2.51. The van der Waals surface area contributed by atoms with E-state index in [0.717, 1.165) is 11.1 Å². The molecule has 136 valence electrons. The molecule has 0 radical (unpaired) electrons. The Morgan fingerprint density at radius 2 is 1.70 bits per heavy atom. The molecule has 1 amide bonds. The largest absolute Gasteiger partial charge is 0.418 e. The van der Waals surface area contributed by atoms with Gasteiger partial charge in [-0.15, -0.1) is 0 Å². The van der Waals surface area contributed by atoms with Gasteiger partial charge in [0.25, 0.3) is 0 Å². The minimum Gasteiger partial charge on any atom is -0.418 e. The number of methoxy groups -OCH3 is 1. The van der Waals surface area contributed by atoms with E-state index in [1.807, 2.05) is 66.7 Å². The molecular formula is C21H18N2O4. The van der Waals surface area contributed by atoms with Gasteiger partial charge in [-0.1, -0.05) is 60.7 Å². The maximum Gasteiger partial charge on any atom is 0.416 e. The van der Waals surface area contributed by atoms with Crippen molar-refractivity contribution in [3.63, 3.8) is 0 Å². The van der Waals surface area contributed by atoms with Crippen LogP contribution in [0.15, 0.2) is 72.5 Å². The molecule has 0 saturated carbocycles. The van der Waals surface area contributed by atoms with Crippen molar-refractivity contribution in [3.8, 4) is 6.07 Å². The molecule has 2 unspecified atom stereocenters. The Morgan fingerprint density at radius 3 is 2.22 bits per heavy atom. The second-order valence-corrected chi connectivity index (χ2v) is 6.34. The summed E-state index contributed by atoms with van der Waals surface area (Å²) in [6.45, 7) is 0. The van der Waals surface area contributed by atoms with Crippen LogP contribution < -0.4 is 0 Å². The van der Waals surface area contributed by atoms with Gasteiger partial charge in [-0.3, -0.25) is 4.90 Å². The molecule has 0 aromatic heterocycles. The first-order valence-corrected chi connectivity index (χ1v) is 8.64. The van der Waals surface area contributed by atoms with Crippen LogP contribution in [0.5, 0.6) is 0 Å². The molecule has 0 aliphatic carbocycles. The highest BCUT2D eigenvalue weighted by molar-refractivity contribution is 5.73. The zero-order valence-corrected chi connectivity index (χ0v) is 14.7. The summed E-state index contributed by atoms with van der Waals surface area (Å²) in [6.07, 6.45) is 1.50. The zero-order valence-electron chi connectivity index (χ0n) is 14.7. The Hall–Kier alpha value is -3.30. The van der Waals surface area contributed by atoms with Crippen LogP contribution >= 0.6 is 0 Å². The molecule has 6 nitrogen and oxygen atoms in total. The molecule has 2 aromatic carbocycles. The van der Waals surface area contributed by atoms with E-state index in [-0.39, 0.29) is 11.8 Å². The van der Waals surface area contributed by atoms with Crippen molar-refractivity contribution in [1.82, 2.24) is 4.90 Å². The highest BCUT2D eigenvalue weighted by atomic mass is 16.9. The molecule has 2 heterocycles. The normalized spacial score (nSPS) is 23.9. The van der Waals surface area contributed by atoms with E-state index in [1.54, 1.807) is 11.0 Å². The molecular weight excluding hydrogens is 344 g/mol. The van der Waals surface area contributed by atoms with Crippen LogP contribution in [-0.2, 0) is 14.2 Å². The number of carbonyl (C=O) groups excluding carboxylic acids is 1. The summed E-state index contributed by atoms with van der Waals surface area (Å²) in [4.78, 5) is 14.6. The van der Waals surface area contributed by atoms with Gasteiger partial charge in [-0.05, 0) is 17.2 Å². The summed E-state index contributed by atoms with van der Waals surface area (Å²) in [5.41, 5.74) is 1.89. The van der Waals surface area contributed by atoms with Gasteiger partial charge in [0.15, 0.2) is 0 Å². The quantitative estimate of drug-likeness (QED) is 0.829. The SMILES string of the molecule is COC12OC(=O)N(C(c3ccccc3)c3ccccc3)C1CC=C(C#N)O2. The smallest absolute Gasteiger partial charge is 0.416 e. The average Bonchev–Trinajstić information content (AvgIpc) is 3.01. The van der Waals surface area contributed by atoms with Crippen LogP contribution in [0.4, 0.5) is 4.79 Å². The Kier molecular flexibility index (Phi) is 4.30. The van der Waals surface area contributed by atoms with Gasteiger partial charge in [-0.25, -0.2) is 4.79 Å². The number of hydrogen-bond donors (Lipinski definition) is 0. The predicted molar refractivity (Wildman–Crippen MR) is 96.0 cm³/mol. The molecule has 6 heteroatoms. The third-order valence-electron chi connectivity index (χ3n) is 4.87. The fourth-order valence-corrected chi connectivity index (χ4v) is 3.66. The molecule has 4 rings (SSSR count). The number of benzene rings is 2. The van der Waals surface area contributed by atoms with E-state index < -0.39 is 18.1 Å². The lowest BCUT2D eigenvalue weighted by Gasteiger charge is -2.37. The standard InChI is InChI=1S/C21H18N2O4/c1-25-21-18(13-12-17(14-22)26-21)23(20(24)27-21)19(15-8-4-2-5-9-15)16-10-6-3-7-11-16/h2-12,18-19H,13H2,1H3. The maximum atomic E-state index is 12.9. The van der Waals surface area contributed by atoms with Crippen molar-refractivity contribution < 1.29 is 19.0 Å². The van der Waals surface area contributed by atoms with E-state index in [1.165, 1.54) is 7.11 Å². The van der Waals surface area contributed by atoms with E-state index in [0.29, 0.717) is 6.42 Å².